The third kappa shape index (κ3) is 5.17. The van der Waals surface area contributed by atoms with Crippen LogP contribution in [0, 0.1) is 0 Å². The largest absolute Gasteiger partial charge is 0.384 e. The minimum atomic E-state index is 0.639. The zero-order chi connectivity index (χ0) is 15.8. The minimum absolute atomic E-state index is 0.639. The number of benzene rings is 1. The molecule has 120 valence electrons. The monoisotopic (exact) mass is 359 g/mol. The van der Waals surface area contributed by atoms with Crippen molar-refractivity contribution in [3.05, 3.63) is 35.5 Å². The normalized spacial score (nSPS) is 11.3. The second-order valence-corrected chi connectivity index (χ2v) is 6.21. The molecule has 6 heteroatoms. The molecule has 1 heterocycles. The number of hydrogen-bond donors (Lipinski definition) is 1. The van der Waals surface area contributed by atoms with Crippen LogP contribution in [0.4, 0.5) is 5.69 Å². The summed E-state index contributed by atoms with van der Waals surface area (Å²) < 4.78 is 0. The number of rotatable bonds is 9. The van der Waals surface area contributed by atoms with E-state index in [0.717, 1.165) is 49.2 Å². The van der Waals surface area contributed by atoms with E-state index in [1.807, 2.05) is 24.3 Å². The maximum atomic E-state index is 6.00. The van der Waals surface area contributed by atoms with E-state index in [4.69, 9.17) is 34.8 Å². The van der Waals surface area contributed by atoms with E-state index < -0.39 is 0 Å². The van der Waals surface area contributed by atoms with Crippen LogP contribution in [0.5, 0.6) is 0 Å². The molecule has 0 aliphatic heterocycles. The first kappa shape index (κ1) is 17.6. The van der Waals surface area contributed by atoms with Crippen molar-refractivity contribution in [3.8, 4) is 0 Å². The molecule has 0 bridgehead atoms. The zero-order valence-corrected chi connectivity index (χ0v) is 14.6. The van der Waals surface area contributed by atoms with Crippen molar-refractivity contribution in [2.75, 3.05) is 43.3 Å². The van der Waals surface area contributed by atoms with Crippen molar-refractivity contribution < 1.29 is 0 Å². The van der Waals surface area contributed by atoms with E-state index in [-0.39, 0.29) is 0 Å². The molecule has 0 aliphatic rings. The summed E-state index contributed by atoms with van der Waals surface area (Å²) in [5, 5.41) is 5.26. The number of anilines is 1. The van der Waals surface area contributed by atoms with Gasteiger partial charge in [-0.15, -0.1) is 23.2 Å². The Hall–Kier alpha value is -0.740. The summed E-state index contributed by atoms with van der Waals surface area (Å²) >= 11 is 17.6. The highest BCUT2D eigenvalue weighted by Gasteiger charge is 2.04. The molecular formula is C16H20Cl3N3. The Morgan fingerprint density at radius 2 is 1.82 bits per heavy atom. The number of hydrogen-bond acceptors (Lipinski definition) is 3. The van der Waals surface area contributed by atoms with Crippen LogP contribution < -0.4 is 5.32 Å². The molecule has 1 N–H and O–H groups in total. The highest BCUT2D eigenvalue weighted by molar-refractivity contribution is 6.31. The first-order valence-corrected chi connectivity index (χ1v) is 8.81. The molecule has 0 amide bonds. The summed E-state index contributed by atoms with van der Waals surface area (Å²) in [4.78, 5) is 6.63. The van der Waals surface area contributed by atoms with Gasteiger partial charge in [0.25, 0.3) is 0 Å². The Labute approximate surface area is 146 Å². The number of nitrogens with zero attached hydrogens (tertiary/aromatic N) is 2. The van der Waals surface area contributed by atoms with Crippen LogP contribution in [0.25, 0.3) is 10.9 Å². The number of aromatic nitrogens is 1. The van der Waals surface area contributed by atoms with Gasteiger partial charge in [0.1, 0.15) is 0 Å². The summed E-state index contributed by atoms with van der Waals surface area (Å²) in [6, 6.07) is 7.76. The Balaban J connectivity index is 1.89. The van der Waals surface area contributed by atoms with Crippen molar-refractivity contribution in [1.82, 2.24) is 9.88 Å². The predicted octanol–water partition coefficient (Wildman–Crippen LogP) is 4.47. The lowest BCUT2D eigenvalue weighted by atomic mass is 10.2. The Morgan fingerprint density at radius 1 is 1.05 bits per heavy atom. The lowest BCUT2D eigenvalue weighted by Crippen LogP contribution is -2.30. The molecule has 3 nitrogen and oxygen atoms in total. The molecule has 0 saturated carbocycles. The van der Waals surface area contributed by atoms with E-state index in [9.17, 15) is 0 Å². The van der Waals surface area contributed by atoms with Crippen LogP contribution in [0.1, 0.15) is 6.42 Å². The van der Waals surface area contributed by atoms with Gasteiger partial charge in [0.05, 0.1) is 5.52 Å². The van der Waals surface area contributed by atoms with Crippen molar-refractivity contribution in [3.63, 3.8) is 0 Å². The van der Waals surface area contributed by atoms with Gasteiger partial charge in [-0.2, -0.15) is 0 Å². The summed E-state index contributed by atoms with van der Waals surface area (Å²) in [5.41, 5.74) is 1.99. The maximum absolute atomic E-state index is 6.00. The standard InChI is InChI=1S/C16H20Cl3N3/c17-5-10-22(11-6-18)9-1-7-20-15-4-8-21-16-12-13(19)2-3-14(15)16/h2-4,8,12H,1,5-7,9-11H2,(H,20,21). The van der Waals surface area contributed by atoms with Crippen LogP contribution in [0.15, 0.2) is 30.5 Å². The molecule has 0 unspecified atom stereocenters. The zero-order valence-electron chi connectivity index (χ0n) is 12.4. The molecule has 2 aromatic rings. The molecule has 22 heavy (non-hydrogen) atoms. The molecule has 1 aromatic heterocycles. The average Bonchev–Trinajstić information content (AvgIpc) is 2.51. The van der Waals surface area contributed by atoms with Crippen molar-refractivity contribution in [2.24, 2.45) is 0 Å². The fourth-order valence-corrected chi connectivity index (χ4v) is 3.02. The average molecular weight is 361 g/mol. The van der Waals surface area contributed by atoms with Gasteiger partial charge in [0.15, 0.2) is 0 Å². The Bertz CT molecular complexity index is 586. The van der Waals surface area contributed by atoms with Gasteiger partial charge in [-0.25, -0.2) is 0 Å². The van der Waals surface area contributed by atoms with Gasteiger partial charge < -0.3 is 10.2 Å². The number of halogens is 3. The maximum Gasteiger partial charge on any atom is 0.0737 e. The van der Waals surface area contributed by atoms with Gasteiger partial charge in [-0.1, -0.05) is 11.6 Å². The van der Waals surface area contributed by atoms with Crippen LogP contribution in [0.2, 0.25) is 5.02 Å². The summed E-state index contributed by atoms with van der Waals surface area (Å²) in [6.45, 7) is 3.64. The van der Waals surface area contributed by atoms with E-state index in [2.05, 4.69) is 15.2 Å². The van der Waals surface area contributed by atoms with Gasteiger partial charge in [-0.3, -0.25) is 4.98 Å². The first-order chi connectivity index (χ1) is 10.7. The van der Waals surface area contributed by atoms with Crippen LogP contribution in [0.3, 0.4) is 0 Å². The quantitative estimate of drug-likeness (QED) is 0.528. The predicted molar refractivity (Wildman–Crippen MR) is 97.7 cm³/mol. The van der Waals surface area contributed by atoms with Gasteiger partial charge in [0.2, 0.25) is 0 Å². The van der Waals surface area contributed by atoms with Crippen molar-refractivity contribution in [2.45, 2.75) is 6.42 Å². The fraction of sp³-hybridized carbons (Fsp3) is 0.438. The van der Waals surface area contributed by atoms with E-state index in [1.54, 1.807) is 6.20 Å². The number of pyridine rings is 1. The van der Waals surface area contributed by atoms with Crippen molar-refractivity contribution >= 4 is 51.4 Å². The van der Waals surface area contributed by atoms with Crippen molar-refractivity contribution in [1.29, 1.82) is 0 Å². The Kier molecular flexibility index (Phi) is 7.53. The topological polar surface area (TPSA) is 28.2 Å². The molecule has 0 saturated heterocycles. The molecule has 0 radical (unpaired) electrons. The first-order valence-electron chi connectivity index (χ1n) is 7.37. The van der Waals surface area contributed by atoms with Gasteiger partial charge in [0, 0.05) is 53.7 Å². The molecular weight excluding hydrogens is 341 g/mol. The number of alkyl halides is 2. The SMILES string of the molecule is ClCCN(CCCl)CCCNc1ccnc2cc(Cl)ccc12. The van der Waals surface area contributed by atoms with Gasteiger partial charge in [-0.05, 0) is 37.2 Å². The molecule has 0 atom stereocenters. The highest BCUT2D eigenvalue weighted by Crippen LogP contribution is 2.24. The van der Waals surface area contributed by atoms with Crippen LogP contribution in [-0.4, -0.2) is 47.8 Å². The van der Waals surface area contributed by atoms with Crippen LogP contribution >= 0.6 is 34.8 Å². The van der Waals surface area contributed by atoms with E-state index in [0.29, 0.717) is 16.8 Å². The molecule has 2 rings (SSSR count). The Morgan fingerprint density at radius 3 is 2.55 bits per heavy atom. The van der Waals surface area contributed by atoms with E-state index in [1.165, 1.54) is 0 Å². The second kappa shape index (κ2) is 9.41. The van der Waals surface area contributed by atoms with Crippen LogP contribution in [-0.2, 0) is 0 Å². The fourth-order valence-electron chi connectivity index (χ4n) is 2.38. The third-order valence-electron chi connectivity index (χ3n) is 3.47. The van der Waals surface area contributed by atoms with Gasteiger partial charge >= 0.3 is 0 Å². The summed E-state index contributed by atoms with van der Waals surface area (Å²) in [7, 11) is 0. The number of fused-ring (bicyclic) bond motifs is 1. The molecule has 0 fully saturated rings. The van der Waals surface area contributed by atoms with E-state index >= 15 is 0 Å². The minimum Gasteiger partial charge on any atom is -0.384 e. The third-order valence-corrected chi connectivity index (χ3v) is 4.05. The molecule has 0 spiro atoms. The molecule has 1 aromatic carbocycles. The highest BCUT2D eigenvalue weighted by atomic mass is 35.5. The second-order valence-electron chi connectivity index (χ2n) is 5.02. The smallest absolute Gasteiger partial charge is 0.0737 e. The summed E-state index contributed by atoms with van der Waals surface area (Å²) in [5.74, 6) is 1.28. The molecule has 0 aliphatic carbocycles. The number of nitrogens with one attached hydrogen (secondary N) is 1. The summed E-state index contributed by atoms with van der Waals surface area (Å²) in [6.07, 6.45) is 2.83. The lowest BCUT2D eigenvalue weighted by Gasteiger charge is -2.20. The lowest BCUT2D eigenvalue weighted by molar-refractivity contribution is 0.306.